The zero-order valence-corrected chi connectivity index (χ0v) is 19.5. The third-order valence-corrected chi connectivity index (χ3v) is 6.02. The summed E-state index contributed by atoms with van der Waals surface area (Å²) in [5.41, 5.74) is 1.53. The molecule has 6 nitrogen and oxygen atoms in total. The van der Waals surface area contributed by atoms with Crippen LogP contribution in [0.4, 0.5) is 5.69 Å². The molecule has 1 heterocycles. The Hall–Kier alpha value is -3.45. The lowest BCUT2D eigenvalue weighted by atomic mass is 10.1. The predicted molar refractivity (Wildman–Crippen MR) is 129 cm³/mol. The molecule has 1 fully saturated rings. The Morgan fingerprint density at radius 3 is 2.24 bits per heavy atom. The van der Waals surface area contributed by atoms with Crippen molar-refractivity contribution in [3.8, 4) is 5.75 Å². The van der Waals surface area contributed by atoms with Crippen LogP contribution in [0.25, 0.3) is 0 Å². The van der Waals surface area contributed by atoms with Crippen molar-refractivity contribution < 1.29 is 19.1 Å². The molecule has 0 saturated carbocycles. The van der Waals surface area contributed by atoms with E-state index in [1.54, 1.807) is 36.4 Å². The Bertz CT molecular complexity index is 1120. The summed E-state index contributed by atoms with van der Waals surface area (Å²) in [4.78, 5) is 41.9. The van der Waals surface area contributed by atoms with Gasteiger partial charge in [0.1, 0.15) is 11.8 Å². The van der Waals surface area contributed by atoms with Gasteiger partial charge in [0, 0.05) is 11.0 Å². The third kappa shape index (κ3) is 5.49. The molecule has 0 aromatic heterocycles. The van der Waals surface area contributed by atoms with Crippen molar-refractivity contribution in [1.29, 1.82) is 0 Å². The van der Waals surface area contributed by atoms with Gasteiger partial charge in [-0.25, -0.2) is 4.90 Å². The third-order valence-electron chi connectivity index (χ3n) is 5.49. The van der Waals surface area contributed by atoms with Gasteiger partial charge >= 0.3 is 0 Å². The number of amides is 3. The van der Waals surface area contributed by atoms with E-state index in [1.807, 2.05) is 48.5 Å². The van der Waals surface area contributed by atoms with Crippen LogP contribution >= 0.6 is 15.9 Å². The summed E-state index contributed by atoms with van der Waals surface area (Å²) in [5, 5.41) is 0. The second-order valence-electron chi connectivity index (χ2n) is 7.69. The highest BCUT2D eigenvalue weighted by atomic mass is 79.9. The van der Waals surface area contributed by atoms with E-state index in [4.69, 9.17) is 4.74 Å². The molecular weight excluding hydrogens is 484 g/mol. The van der Waals surface area contributed by atoms with Gasteiger partial charge in [0.25, 0.3) is 11.8 Å². The monoisotopic (exact) mass is 506 g/mol. The molecule has 3 aromatic carbocycles. The number of benzene rings is 3. The number of para-hydroxylation sites is 1. The quantitative estimate of drug-likeness (QED) is 0.428. The lowest BCUT2D eigenvalue weighted by molar-refractivity contribution is -0.140. The van der Waals surface area contributed by atoms with E-state index in [9.17, 15) is 14.4 Å². The fourth-order valence-electron chi connectivity index (χ4n) is 3.81. The fourth-order valence-corrected chi connectivity index (χ4v) is 4.08. The Balaban J connectivity index is 1.53. The van der Waals surface area contributed by atoms with Crippen molar-refractivity contribution in [1.82, 2.24) is 4.90 Å². The summed E-state index contributed by atoms with van der Waals surface area (Å²) >= 11 is 3.36. The first-order valence-electron chi connectivity index (χ1n) is 10.7. The molecule has 33 heavy (non-hydrogen) atoms. The van der Waals surface area contributed by atoms with Crippen LogP contribution < -0.4 is 9.64 Å². The first-order chi connectivity index (χ1) is 16.0. The summed E-state index contributed by atoms with van der Waals surface area (Å²) in [6, 6.07) is 24.9. The van der Waals surface area contributed by atoms with Gasteiger partial charge in [-0.15, -0.1) is 0 Å². The molecule has 1 aliphatic rings. The Labute approximate surface area is 200 Å². The molecule has 3 aromatic rings. The molecule has 7 heteroatoms. The van der Waals surface area contributed by atoms with Crippen LogP contribution in [0, 0.1) is 0 Å². The highest BCUT2D eigenvalue weighted by Gasteiger charge is 2.44. The molecular formula is C26H23BrN2O4. The summed E-state index contributed by atoms with van der Waals surface area (Å²) in [5.74, 6) is -0.491. The second-order valence-corrected chi connectivity index (χ2v) is 8.60. The number of carbonyl (C=O) groups excluding carboxylic acids is 3. The maximum Gasteiger partial charge on any atom is 0.261 e. The van der Waals surface area contributed by atoms with E-state index < -0.39 is 11.9 Å². The zero-order valence-electron chi connectivity index (χ0n) is 17.9. The van der Waals surface area contributed by atoms with Crippen molar-refractivity contribution in [3.63, 3.8) is 0 Å². The number of rotatable bonds is 8. The molecule has 0 N–H and O–H groups in total. The number of anilines is 1. The van der Waals surface area contributed by atoms with Crippen LogP contribution in [0.3, 0.4) is 0 Å². The van der Waals surface area contributed by atoms with E-state index in [-0.39, 0.29) is 24.8 Å². The lowest BCUT2D eigenvalue weighted by Crippen LogP contribution is -2.48. The summed E-state index contributed by atoms with van der Waals surface area (Å²) in [6.45, 7) is 0.0912. The van der Waals surface area contributed by atoms with Gasteiger partial charge in [-0.2, -0.15) is 0 Å². The normalized spacial score (nSPS) is 15.5. The van der Waals surface area contributed by atoms with E-state index in [1.165, 1.54) is 4.90 Å². The molecule has 0 radical (unpaired) electrons. The van der Waals surface area contributed by atoms with Gasteiger partial charge < -0.3 is 9.64 Å². The van der Waals surface area contributed by atoms with Gasteiger partial charge in [0.05, 0.1) is 12.1 Å². The molecule has 0 spiro atoms. The van der Waals surface area contributed by atoms with Crippen molar-refractivity contribution in [2.45, 2.75) is 18.9 Å². The number of imide groups is 1. The minimum atomic E-state index is -0.864. The van der Waals surface area contributed by atoms with E-state index >= 15 is 0 Å². The minimum absolute atomic E-state index is 0.0548. The lowest BCUT2D eigenvalue weighted by Gasteiger charge is -2.28. The maximum atomic E-state index is 13.3. The molecule has 4 rings (SSSR count). The molecule has 3 amide bonds. The minimum Gasteiger partial charge on any atom is -0.484 e. The predicted octanol–water partition coefficient (Wildman–Crippen LogP) is 4.23. The number of carbonyl (C=O) groups is 3. The number of nitrogens with zero attached hydrogens (tertiary/aromatic N) is 2. The molecule has 0 bridgehead atoms. The number of ether oxygens (including phenoxy) is 1. The van der Waals surface area contributed by atoms with Crippen LogP contribution in [0.15, 0.2) is 89.4 Å². The van der Waals surface area contributed by atoms with Crippen LogP contribution in [0.2, 0.25) is 0 Å². The summed E-state index contributed by atoms with van der Waals surface area (Å²) < 4.78 is 6.49. The van der Waals surface area contributed by atoms with Crippen molar-refractivity contribution in [2.24, 2.45) is 0 Å². The summed E-state index contributed by atoms with van der Waals surface area (Å²) in [7, 11) is 0. The zero-order chi connectivity index (χ0) is 23.2. The van der Waals surface area contributed by atoms with Gasteiger partial charge in [0.2, 0.25) is 5.91 Å². The fraction of sp³-hybridized carbons (Fsp3) is 0.192. The van der Waals surface area contributed by atoms with Gasteiger partial charge in [-0.1, -0.05) is 64.5 Å². The van der Waals surface area contributed by atoms with Crippen LogP contribution in [-0.2, 0) is 20.8 Å². The molecule has 1 atom stereocenters. The molecule has 1 aliphatic heterocycles. The maximum absolute atomic E-state index is 13.3. The number of halogens is 1. The van der Waals surface area contributed by atoms with E-state index in [2.05, 4.69) is 15.9 Å². The smallest absolute Gasteiger partial charge is 0.261 e. The van der Waals surface area contributed by atoms with Crippen LogP contribution in [0.5, 0.6) is 5.75 Å². The van der Waals surface area contributed by atoms with E-state index in [0.29, 0.717) is 24.4 Å². The topological polar surface area (TPSA) is 66.9 Å². The van der Waals surface area contributed by atoms with Crippen LogP contribution in [-0.4, -0.2) is 41.8 Å². The van der Waals surface area contributed by atoms with Gasteiger partial charge in [0.15, 0.2) is 6.61 Å². The van der Waals surface area contributed by atoms with E-state index in [0.717, 1.165) is 14.9 Å². The largest absolute Gasteiger partial charge is 0.484 e. The first-order valence-corrected chi connectivity index (χ1v) is 11.5. The van der Waals surface area contributed by atoms with Gasteiger partial charge in [-0.3, -0.25) is 14.4 Å². The molecule has 1 saturated heterocycles. The van der Waals surface area contributed by atoms with Crippen molar-refractivity contribution >= 4 is 39.3 Å². The Morgan fingerprint density at radius 1 is 0.939 bits per heavy atom. The SMILES string of the molecule is O=C1CC(N(CCc2ccccc2)C(=O)COc2ccccc2)C(=O)N1c1ccc(Br)cc1. The van der Waals surface area contributed by atoms with Gasteiger partial charge in [-0.05, 0) is 48.4 Å². The average Bonchev–Trinajstić information content (AvgIpc) is 3.13. The number of hydrogen-bond donors (Lipinski definition) is 0. The van der Waals surface area contributed by atoms with Crippen molar-refractivity contribution in [2.75, 3.05) is 18.1 Å². The number of hydrogen-bond acceptors (Lipinski definition) is 4. The summed E-state index contributed by atoms with van der Waals surface area (Å²) in [6.07, 6.45) is 0.509. The Morgan fingerprint density at radius 2 is 1.58 bits per heavy atom. The highest BCUT2D eigenvalue weighted by molar-refractivity contribution is 9.10. The van der Waals surface area contributed by atoms with Crippen LogP contribution in [0.1, 0.15) is 12.0 Å². The van der Waals surface area contributed by atoms with Crippen molar-refractivity contribution in [3.05, 3.63) is 95.0 Å². The standard InChI is InChI=1S/C26H23BrN2O4/c27-20-11-13-21(14-12-20)29-24(30)17-23(26(29)32)28(16-15-19-7-3-1-4-8-19)25(31)18-33-22-9-5-2-6-10-22/h1-14,23H,15-18H2. The molecule has 1 unspecified atom stereocenters. The molecule has 168 valence electrons. The molecule has 0 aliphatic carbocycles. The average molecular weight is 507 g/mol. The Kier molecular flexibility index (Phi) is 7.19. The first kappa shape index (κ1) is 22.7. The highest BCUT2D eigenvalue weighted by Crippen LogP contribution is 2.27. The second kappa shape index (κ2) is 10.4.